The van der Waals surface area contributed by atoms with Crippen LogP contribution in [0.25, 0.3) is 0 Å². The molecular formula is C34H36ClNO4. The largest absolute Gasteiger partial charge is 0.497 e. The van der Waals surface area contributed by atoms with Crippen molar-refractivity contribution in [2.24, 2.45) is 22.2 Å². The van der Waals surface area contributed by atoms with Crippen LogP contribution >= 0.6 is 11.6 Å². The molecule has 4 aliphatic rings. The zero-order valence-corrected chi connectivity index (χ0v) is 24.3. The first-order valence-electron chi connectivity index (χ1n) is 14.3. The molecule has 3 aromatic carbocycles. The Morgan fingerprint density at radius 3 is 2.45 bits per heavy atom. The van der Waals surface area contributed by atoms with Gasteiger partial charge in [0.2, 0.25) is 0 Å². The van der Waals surface area contributed by atoms with Crippen molar-refractivity contribution >= 4 is 28.9 Å². The van der Waals surface area contributed by atoms with Crippen LogP contribution in [0.2, 0.25) is 5.02 Å². The van der Waals surface area contributed by atoms with E-state index >= 15 is 0 Å². The molecule has 40 heavy (non-hydrogen) atoms. The molecule has 0 aliphatic heterocycles. The first-order valence-corrected chi connectivity index (χ1v) is 14.6. The van der Waals surface area contributed by atoms with Crippen molar-refractivity contribution in [1.82, 2.24) is 0 Å². The third-order valence-corrected chi connectivity index (χ3v) is 11.3. The van der Waals surface area contributed by atoms with Crippen LogP contribution in [0.15, 0.2) is 54.6 Å². The van der Waals surface area contributed by atoms with E-state index in [-0.39, 0.29) is 11.0 Å². The molecular weight excluding hydrogens is 522 g/mol. The molecule has 6 heteroatoms. The number of halogens is 1. The SMILES string of the molecule is COc1ccc(Nc2ccc(Oc3ccc(C45CC6(C)CC7CC(C)(C4)C5(C7)C6)cc3Cl)cc2C)c(C(=O)O)c1. The lowest BCUT2D eigenvalue weighted by Crippen LogP contribution is -2.61. The molecule has 0 aromatic heterocycles. The standard InChI is InChI=1S/C34H36ClNO4/c1-20-11-24(7-8-27(20)36-28-9-6-23(39-4)13-25(28)30(37)38)40-29-10-5-22(12-26(29)35)33-17-31(2)14-21-15-32(3,19-33)34(33,16-21)18-31/h5-13,21,36H,14-19H2,1-4H3,(H,37,38). The zero-order valence-electron chi connectivity index (χ0n) is 23.6. The van der Waals surface area contributed by atoms with E-state index in [4.69, 9.17) is 21.1 Å². The lowest BCUT2D eigenvalue weighted by atomic mass is 9.38. The number of hydrogen-bond acceptors (Lipinski definition) is 4. The molecule has 5 unspecified atom stereocenters. The van der Waals surface area contributed by atoms with Gasteiger partial charge in [0.25, 0.3) is 0 Å². The third kappa shape index (κ3) is 3.49. The Hall–Kier alpha value is -3.18. The van der Waals surface area contributed by atoms with E-state index in [9.17, 15) is 9.90 Å². The molecule has 1 spiro atoms. The molecule has 3 bridgehead atoms. The summed E-state index contributed by atoms with van der Waals surface area (Å²) >= 11 is 6.90. The van der Waals surface area contributed by atoms with E-state index in [2.05, 4.69) is 31.3 Å². The van der Waals surface area contributed by atoms with Gasteiger partial charge >= 0.3 is 5.97 Å². The Balaban J connectivity index is 1.12. The van der Waals surface area contributed by atoms with Gasteiger partial charge in [0.1, 0.15) is 17.2 Å². The molecule has 0 radical (unpaired) electrons. The molecule has 4 aliphatic carbocycles. The number of carboxylic acid groups (broad SMARTS) is 1. The highest BCUT2D eigenvalue weighted by atomic mass is 35.5. The molecule has 3 aromatic rings. The van der Waals surface area contributed by atoms with Crippen LogP contribution in [0.4, 0.5) is 11.4 Å². The number of anilines is 2. The van der Waals surface area contributed by atoms with Crippen LogP contribution in [-0.4, -0.2) is 18.2 Å². The number of benzene rings is 3. The maximum Gasteiger partial charge on any atom is 0.337 e. The number of carbonyl (C=O) groups is 1. The van der Waals surface area contributed by atoms with E-state index in [0.717, 1.165) is 17.2 Å². The Labute approximate surface area is 240 Å². The summed E-state index contributed by atoms with van der Waals surface area (Å²) in [5.41, 5.74) is 5.39. The van der Waals surface area contributed by atoms with Gasteiger partial charge in [-0.15, -0.1) is 0 Å². The fourth-order valence-corrected chi connectivity index (χ4v) is 10.2. The number of nitrogens with one attached hydrogen (secondary N) is 1. The molecule has 4 fully saturated rings. The topological polar surface area (TPSA) is 67.8 Å². The van der Waals surface area contributed by atoms with Gasteiger partial charge in [0.15, 0.2) is 0 Å². The molecule has 5 atom stereocenters. The van der Waals surface area contributed by atoms with Crippen LogP contribution < -0.4 is 14.8 Å². The minimum Gasteiger partial charge on any atom is -0.497 e. The van der Waals surface area contributed by atoms with Gasteiger partial charge in [0.05, 0.1) is 23.4 Å². The number of ether oxygens (including phenoxy) is 2. The van der Waals surface area contributed by atoms with Gasteiger partial charge in [-0.1, -0.05) is 31.5 Å². The summed E-state index contributed by atoms with van der Waals surface area (Å²) in [7, 11) is 1.52. The maximum atomic E-state index is 11.8. The number of methoxy groups -OCH3 is 1. The molecule has 0 amide bonds. The average molecular weight is 558 g/mol. The van der Waals surface area contributed by atoms with Crippen LogP contribution in [-0.2, 0) is 5.41 Å². The second-order valence-electron chi connectivity index (χ2n) is 13.6. The quantitative estimate of drug-likeness (QED) is 0.303. The molecule has 4 saturated carbocycles. The van der Waals surface area contributed by atoms with E-state index in [1.165, 1.54) is 57.3 Å². The summed E-state index contributed by atoms with van der Waals surface area (Å²) in [6.07, 6.45) is 8.12. The fraction of sp³-hybridized carbons (Fsp3) is 0.441. The highest BCUT2D eigenvalue weighted by Crippen LogP contribution is 2.88. The second kappa shape index (κ2) is 8.42. The molecule has 2 N–H and O–H groups in total. The summed E-state index contributed by atoms with van der Waals surface area (Å²) in [4.78, 5) is 11.8. The summed E-state index contributed by atoms with van der Waals surface area (Å²) in [5.74, 6) is 1.70. The highest BCUT2D eigenvalue weighted by Gasteiger charge is 2.81. The predicted molar refractivity (Wildman–Crippen MR) is 157 cm³/mol. The Kier molecular flexibility index (Phi) is 5.42. The lowest BCUT2D eigenvalue weighted by molar-refractivity contribution is -0.115. The number of fused-ring (bicyclic) bond motifs is 2. The first-order chi connectivity index (χ1) is 19.0. The van der Waals surface area contributed by atoms with Gasteiger partial charge in [0, 0.05) is 11.1 Å². The van der Waals surface area contributed by atoms with E-state index in [1.54, 1.807) is 12.1 Å². The summed E-state index contributed by atoms with van der Waals surface area (Å²) < 4.78 is 11.4. The van der Waals surface area contributed by atoms with Crippen molar-refractivity contribution in [2.45, 2.75) is 64.7 Å². The van der Waals surface area contributed by atoms with Crippen molar-refractivity contribution in [1.29, 1.82) is 0 Å². The van der Waals surface area contributed by atoms with Crippen molar-refractivity contribution in [2.75, 3.05) is 12.4 Å². The van der Waals surface area contributed by atoms with Crippen molar-refractivity contribution in [3.05, 3.63) is 76.3 Å². The van der Waals surface area contributed by atoms with E-state index in [1.807, 2.05) is 31.2 Å². The van der Waals surface area contributed by atoms with E-state index < -0.39 is 5.97 Å². The van der Waals surface area contributed by atoms with E-state index in [0.29, 0.717) is 44.2 Å². The van der Waals surface area contributed by atoms with Gasteiger partial charge in [-0.05, 0) is 127 Å². The van der Waals surface area contributed by atoms with Gasteiger partial charge in [-0.2, -0.15) is 0 Å². The van der Waals surface area contributed by atoms with Crippen LogP contribution in [0, 0.1) is 29.1 Å². The number of rotatable bonds is 7. The van der Waals surface area contributed by atoms with Crippen molar-refractivity contribution < 1.29 is 19.4 Å². The minimum atomic E-state index is -1.02. The van der Waals surface area contributed by atoms with Crippen LogP contribution in [0.3, 0.4) is 0 Å². The Bertz CT molecular complexity index is 1570. The van der Waals surface area contributed by atoms with Crippen molar-refractivity contribution in [3.63, 3.8) is 0 Å². The van der Waals surface area contributed by atoms with Gasteiger partial charge in [-0.25, -0.2) is 4.79 Å². The monoisotopic (exact) mass is 557 g/mol. The second-order valence-corrected chi connectivity index (χ2v) is 14.0. The molecule has 7 rings (SSSR count). The zero-order chi connectivity index (χ0) is 28.1. The van der Waals surface area contributed by atoms with Crippen molar-refractivity contribution in [3.8, 4) is 17.2 Å². The number of carboxylic acids is 1. The number of hydrogen-bond donors (Lipinski definition) is 2. The molecule has 0 heterocycles. The first kappa shape index (κ1) is 25.8. The summed E-state index contributed by atoms with van der Waals surface area (Å²) in [6.45, 7) is 7.05. The summed E-state index contributed by atoms with van der Waals surface area (Å²) in [5, 5.41) is 13.5. The number of aromatic carboxylic acids is 1. The smallest absolute Gasteiger partial charge is 0.337 e. The Morgan fingerprint density at radius 1 is 0.950 bits per heavy atom. The minimum absolute atomic E-state index is 0.144. The normalized spacial score (nSPS) is 32.9. The van der Waals surface area contributed by atoms with Crippen LogP contribution in [0.5, 0.6) is 17.2 Å². The lowest BCUT2D eigenvalue weighted by Gasteiger charge is -2.66. The number of aryl methyl sites for hydroxylation is 1. The molecule has 208 valence electrons. The van der Waals surface area contributed by atoms with Gasteiger partial charge in [-0.3, -0.25) is 0 Å². The van der Waals surface area contributed by atoms with Crippen LogP contribution in [0.1, 0.15) is 73.9 Å². The van der Waals surface area contributed by atoms with Gasteiger partial charge < -0.3 is 19.9 Å². The summed E-state index contributed by atoms with van der Waals surface area (Å²) in [6, 6.07) is 17.2. The fourth-order valence-electron chi connectivity index (χ4n) is 9.99. The molecule has 0 saturated heterocycles. The maximum absolute atomic E-state index is 11.8. The third-order valence-electron chi connectivity index (χ3n) is 11.0. The average Bonchev–Trinajstić information content (AvgIpc) is 3.17. The predicted octanol–water partition coefficient (Wildman–Crippen LogP) is 9.14. The molecule has 5 nitrogen and oxygen atoms in total. The Morgan fingerprint density at radius 2 is 1.73 bits per heavy atom. The highest BCUT2D eigenvalue weighted by molar-refractivity contribution is 6.32.